The second kappa shape index (κ2) is 7.31. The van der Waals surface area contributed by atoms with Crippen molar-refractivity contribution < 1.29 is 8.84 Å². The summed E-state index contributed by atoms with van der Waals surface area (Å²) in [5, 5.41) is 3.58. The van der Waals surface area contributed by atoms with E-state index in [0.29, 0.717) is 0 Å². The Bertz CT molecular complexity index is 1130. The summed E-state index contributed by atoms with van der Waals surface area (Å²) < 4.78 is 13.0. The van der Waals surface area contributed by atoms with Gasteiger partial charge in [0.2, 0.25) is 8.32 Å². The molecule has 5 nitrogen and oxygen atoms in total. The van der Waals surface area contributed by atoms with Gasteiger partial charge in [-0.1, -0.05) is 26.8 Å². The maximum atomic E-state index is 6.44. The van der Waals surface area contributed by atoms with Crippen LogP contribution in [0.5, 0.6) is 5.75 Å². The number of nitrogens with one attached hydrogen (secondary N) is 1. The molecule has 0 fully saturated rings. The highest BCUT2D eigenvalue weighted by Crippen LogP contribution is 2.39. The Balaban J connectivity index is 1.62. The summed E-state index contributed by atoms with van der Waals surface area (Å²) in [7, 11) is -1.89. The topological polar surface area (TPSA) is 60.2 Å². The zero-order valence-electron chi connectivity index (χ0n) is 17.3. The van der Waals surface area contributed by atoms with Crippen molar-refractivity contribution >= 4 is 41.4 Å². The fourth-order valence-electron chi connectivity index (χ4n) is 2.71. The highest BCUT2D eigenvalue weighted by atomic mass is 32.1. The second-order valence-corrected chi connectivity index (χ2v) is 14.3. The monoisotopic (exact) mass is 423 g/mol. The standard InChI is InChI=1S/C22H25N3O2SSi/c1-22(2,3)29(4,5)27-16-9-6-8-15(12-16)25-21-20-17(23-14-24-21)13-19(28-20)18-10-7-11-26-18/h6-14H,1-5H3,(H,23,24,25). The van der Waals surface area contributed by atoms with E-state index in [1.165, 1.54) is 0 Å². The van der Waals surface area contributed by atoms with E-state index in [2.05, 4.69) is 49.1 Å². The van der Waals surface area contributed by atoms with E-state index in [1.54, 1.807) is 23.9 Å². The third-order valence-corrected chi connectivity index (χ3v) is 10.9. The van der Waals surface area contributed by atoms with Crippen LogP contribution in [0.2, 0.25) is 18.1 Å². The van der Waals surface area contributed by atoms with Gasteiger partial charge in [-0.15, -0.1) is 11.3 Å². The molecule has 0 aliphatic rings. The molecule has 0 amide bonds. The third-order valence-electron chi connectivity index (χ3n) is 5.35. The molecule has 7 heteroatoms. The molecule has 0 spiro atoms. The van der Waals surface area contributed by atoms with Gasteiger partial charge in [-0.05, 0) is 48.5 Å². The third kappa shape index (κ3) is 4.06. The first-order valence-electron chi connectivity index (χ1n) is 9.57. The summed E-state index contributed by atoms with van der Waals surface area (Å²) in [6.45, 7) is 11.2. The van der Waals surface area contributed by atoms with Crippen LogP contribution in [-0.4, -0.2) is 18.3 Å². The van der Waals surface area contributed by atoms with Gasteiger partial charge in [0.15, 0.2) is 5.82 Å². The van der Waals surface area contributed by atoms with Gasteiger partial charge in [0.05, 0.1) is 21.4 Å². The predicted molar refractivity (Wildman–Crippen MR) is 123 cm³/mol. The molecule has 1 N–H and O–H groups in total. The van der Waals surface area contributed by atoms with Crippen LogP contribution in [0.4, 0.5) is 11.5 Å². The van der Waals surface area contributed by atoms with E-state index >= 15 is 0 Å². The van der Waals surface area contributed by atoms with Crippen molar-refractivity contribution in [1.29, 1.82) is 0 Å². The Labute approximate surface area is 175 Å². The Hall–Kier alpha value is -2.64. The number of rotatable bonds is 5. The van der Waals surface area contributed by atoms with E-state index in [9.17, 15) is 0 Å². The van der Waals surface area contributed by atoms with Gasteiger partial charge in [0.25, 0.3) is 0 Å². The van der Waals surface area contributed by atoms with Crippen LogP contribution in [0.1, 0.15) is 20.8 Å². The van der Waals surface area contributed by atoms with Crippen molar-refractivity contribution in [3.8, 4) is 16.4 Å². The van der Waals surface area contributed by atoms with E-state index in [1.807, 2.05) is 42.5 Å². The summed E-state index contributed by atoms with van der Waals surface area (Å²) in [6.07, 6.45) is 3.26. The van der Waals surface area contributed by atoms with Gasteiger partial charge in [-0.2, -0.15) is 0 Å². The molecule has 0 unspecified atom stereocenters. The first-order valence-corrected chi connectivity index (χ1v) is 13.3. The summed E-state index contributed by atoms with van der Waals surface area (Å²) in [4.78, 5) is 9.90. The number of benzene rings is 1. The lowest BCUT2D eigenvalue weighted by atomic mass is 10.2. The average Bonchev–Trinajstić information content (AvgIpc) is 3.30. The van der Waals surface area contributed by atoms with Crippen molar-refractivity contribution in [3.63, 3.8) is 0 Å². The van der Waals surface area contributed by atoms with Crippen LogP contribution in [-0.2, 0) is 0 Å². The van der Waals surface area contributed by atoms with Crippen LogP contribution in [0.15, 0.2) is 59.5 Å². The molecule has 150 valence electrons. The van der Waals surface area contributed by atoms with Gasteiger partial charge in [0, 0.05) is 11.8 Å². The number of anilines is 2. The smallest absolute Gasteiger partial charge is 0.250 e. The molecule has 3 aromatic heterocycles. The lowest BCUT2D eigenvalue weighted by Gasteiger charge is -2.36. The lowest BCUT2D eigenvalue weighted by molar-refractivity contribution is 0.492. The van der Waals surface area contributed by atoms with Gasteiger partial charge < -0.3 is 14.2 Å². The van der Waals surface area contributed by atoms with Crippen LogP contribution in [0.3, 0.4) is 0 Å². The van der Waals surface area contributed by atoms with Crippen molar-refractivity contribution in [2.75, 3.05) is 5.32 Å². The van der Waals surface area contributed by atoms with Crippen molar-refractivity contribution in [1.82, 2.24) is 9.97 Å². The molecule has 0 bridgehead atoms. The van der Waals surface area contributed by atoms with Crippen LogP contribution >= 0.6 is 11.3 Å². The number of furan rings is 1. The number of hydrogen-bond donors (Lipinski definition) is 1. The number of fused-ring (bicyclic) bond motifs is 1. The molecule has 0 saturated carbocycles. The fourth-order valence-corrected chi connectivity index (χ4v) is 4.75. The summed E-state index contributed by atoms with van der Waals surface area (Å²) in [5.74, 6) is 2.50. The maximum absolute atomic E-state index is 6.44. The Morgan fingerprint density at radius 2 is 1.90 bits per heavy atom. The molecule has 4 aromatic rings. The lowest BCUT2D eigenvalue weighted by Crippen LogP contribution is -2.43. The van der Waals surface area contributed by atoms with Crippen LogP contribution in [0, 0.1) is 0 Å². The minimum atomic E-state index is -1.89. The van der Waals surface area contributed by atoms with E-state index < -0.39 is 8.32 Å². The summed E-state index contributed by atoms with van der Waals surface area (Å²) in [5.41, 5.74) is 1.83. The highest BCUT2D eigenvalue weighted by Gasteiger charge is 2.38. The zero-order chi connectivity index (χ0) is 20.6. The molecule has 29 heavy (non-hydrogen) atoms. The molecule has 0 atom stereocenters. The highest BCUT2D eigenvalue weighted by molar-refractivity contribution is 7.22. The predicted octanol–water partition coefficient (Wildman–Crippen LogP) is 7.08. The van der Waals surface area contributed by atoms with Crippen molar-refractivity contribution in [2.45, 2.75) is 38.9 Å². The van der Waals surface area contributed by atoms with E-state index in [0.717, 1.165) is 38.1 Å². The molecule has 4 rings (SSSR count). The zero-order valence-corrected chi connectivity index (χ0v) is 19.1. The fraction of sp³-hybridized carbons (Fsp3) is 0.273. The minimum absolute atomic E-state index is 0.147. The number of nitrogens with zero attached hydrogens (tertiary/aromatic N) is 2. The number of thiophene rings is 1. The quantitative estimate of drug-likeness (QED) is 0.348. The molecule has 0 radical (unpaired) electrons. The van der Waals surface area contributed by atoms with Crippen molar-refractivity contribution in [3.05, 3.63) is 55.1 Å². The van der Waals surface area contributed by atoms with Gasteiger partial charge in [-0.3, -0.25) is 0 Å². The Kier molecular flexibility index (Phi) is 4.96. The van der Waals surface area contributed by atoms with Crippen LogP contribution < -0.4 is 9.74 Å². The molecule has 0 aliphatic heterocycles. The first-order chi connectivity index (χ1) is 13.7. The minimum Gasteiger partial charge on any atom is -0.543 e. The van der Waals surface area contributed by atoms with E-state index in [-0.39, 0.29) is 5.04 Å². The first kappa shape index (κ1) is 19.7. The molecular formula is C22H25N3O2SSi. The maximum Gasteiger partial charge on any atom is 0.250 e. The molecule has 0 aliphatic carbocycles. The van der Waals surface area contributed by atoms with Gasteiger partial charge in [0.1, 0.15) is 17.8 Å². The second-order valence-electron chi connectivity index (χ2n) is 8.54. The molecule has 3 heterocycles. The van der Waals surface area contributed by atoms with Gasteiger partial charge in [-0.25, -0.2) is 9.97 Å². The van der Waals surface area contributed by atoms with Gasteiger partial charge >= 0.3 is 0 Å². The van der Waals surface area contributed by atoms with Crippen LogP contribution in [0.25, 0.3) is 20.9 Å². The van der Waals surface area contributed by atoms with Crippen molar-refractivity contribution in [2.24, 2.45) is 0 Å². The molecule has 0 saturated heterocycles. The largest absolute Gasteiger partial charge is 0.543 e. The average molecular weight is 424 g/mol. The number of aromatic nitrogens is 2. The van der Waals surface area contributed by atoms with E-state index in [4.69, 9.17) is 8.84 Å². The normalized spacial score (nSPS) is 12.3. The Morgan fingerprint density at radius 3 is 2.62 bits per heavy atom. The number of hydrogen-bond acceptors (Lipinski definition) is 6. The molecule has 1 aromatic carbocycles. The Morgan fingerprint density at radius 1 is 1.07 bits per heavy atom. The SMILES string of the molecule is CC(C)(C)[Si](C)(C)Oc1cccc(Nc2ncnc3cc(-c4ccco4)sc23)c1. The molecular weight excluding hydrogens is 398 g/mol. The summed E-state index contributed by atoms with van der Waals surface area (Å²) >= 11 is 1.61. The summed E-state index contributed by atoms with van der Waals surface area (Å²) in [6, 6.07) is 13.9.